The number of carboxylic acids is 1. The standard InChI is InChI=1S/C14H20O2/c1-2-3-4-5-6-12-7-9-13(10-8-12)11-14(15)16/h7-10H,2-6,11H2,1H3,(H,15,16)/p-1. The van der Waals surface area contributed by atoms with Crippen LogP contribution in [0.5, 0.6) is 0 Å². The maximum Gasteiger partial charge on any atom is 0.0458 e. The van der Waals surface area contributed by atoms with Gasteiger partial charge in [0.05, 0.1) is 0 Å². The van der Waals surface area contributed by atoms with Crippen LogP contribution in [-0.4, -0.2) is 5.97 Å². The Balaban J connectivity index is 2.36. The van der Waals surface area contributed by atoms with Gasteiger partial charge in [0.2, 0.25) is 0 Å². The maximum absolute atomic E-state index is 10.4. The molecule has 0 unspecified atom stereocenters. The molecular weight excluding hydrogens is 200 g/mol. The van der Waals surface area contributed by atoms with Gasteiger partial charge in [-0.1, -0.05) is 50.5 Å². The Morgan fingerprint density at radius 2 is 1.69 bits per heavy atom. The first-order chi connectivity index (χ1) is 7.72. The number of hydrogen-bond donors (Lipinski definition) is 0. The van der Waals surface area contributed by atoms with Crippen LogP contribution < -0.4 is 5.11 Å². The Labute approximate surface area is 97.3 Å². The monoisotopic (exact) mass is 219 g/mol. The number of carboxylic acid groups (broad SMARTS) is 1. The zero-order chi connectivity index (χ0) is 11.8. The third-order valence-electron chi connectivity index (χ3n) is 2.69. The minimum Gasteiger partial charge on any atom is -0.550 e. The second kappa shape index (κ2) is 7.04. The van der Waals surface area contributed by atoms with Crippen LogP contribution in [0.1, 0.15) is 43.7 Å². The van der Waals surface area contributed by atoms with Crippen molar-refractivity contribution < 1.29 is 9.90 Å². The van der Waals surface area contributed by atoms with Gasteiger partial charge in [0.25, 0.3) is 0 Å². The summed E-state index contributed by atoms with van der Waals surface area (Å²) in [5.41, 5.74) is 2.11. The van der Waals surface area contributed by atoms with Crippen LogP contribution in [0.25, 0.3) is 0 Å². The summed E-state index contributed by atoms with van der Waals surface area (Å²) in [5, 5.41) is 10.4. The van der Waals surface area contributed by atoms with E-state index in [1.807, 2.05) is 24.3 Å². The Kier molecular flexibility index (Phi) is 5.62. The SMILES string of the molecule is CCCCCCc1ccc(CC(=O)[O-])cc1. The van der Waals surface area contributed by atoms with Crippen molar-refractivity contribution in [1.82, 2.24) is 0 Å². The van der Waals surface area contributed by atoms with E-state index in [4.69, 9.17) is 0 Å². The first-order valence-corrected chi connectivity index (χ1v) is 6.00. The smallest absolute Gasteiger partial charge is 0.0458 e. The molecular formula is C14H19O2-. The van der Waals surface area contributed by atoms with Gasteiger partial charge in [0, 0.05) is 12.4 Å². The lowest BCUT2D eigenvalue weighted by Gasteiger charge is -2.05. The van der Waals surface area contributed by atoms with Gasteiger partial charge in [-0.15, -0.1) is 0 Å². The number of carbonyl (C=O) groups excluding carboxylic acids is 1. The molecule has 0 amide bonds. The van der Waals surface area contributed by atoms with Gasteiger partial charge in [0.15, 0.2) is 0 Å². The fourth-order valence-corrected chi connectivity index (χ4v) is 1.75. The molecule has 16 heavy (non-hydrogen) atoms. The molecule has 0 saturated carbocycles. The molecule has 0 saturated heterocycles. The Bertz CT molecular complexity index is 314. The molecule has 88 valence electrons. The zero-order valence-corrected chi connectivity index (χ0v) is 9.87. The summed E-state index contributed by atoms with van der Waals surface area (Å²) >= 11 is 0. The van der Waals surface area contributed by atoms with Crippen molar-refractivity contribution in [2.24, 2.45) is 0 Å². The lowest BCUT2D eigenvalue weighted by Crippen LogP contribution is -2.24. The van der Waals surface area contributed by atoms with E-state index in [0.29, 0.717) is 0 Å². The molecule has 2 heteroatoms. The number of rotatable bonds is 7. The molecule has 0 N–H and O–H groups in total. The highest BCUT2D eigenvalue weighted by Crippen LogP contribution is 2.09. The van der Waals surface area contributed by atoms with Crippen LogP contribution >= 0.6 is 0 Å². The maximum atomic E-state index is 10.4. The number of benzene rings is 1. The summed E-state index contributed by atoms with van der Waals surface area (Å²) in [5.74, 6) is -1.02. The molecule has 0 fully saturated rings. The minimum atomic E-state index is -1.02. The van der Waals surface area contributed by atoms with Crippen molar-refractivity contribution in [2.75, 3.05) is 0 Å². The predicted molar refractivity (Wildman–Crippen MR) is 63.0 cm³/mol. The second-order valence-corrected chi connectivity index (χ2v) is 4.18. The van der Waals surface area contributed by atoms with Gasteiger partial charge < -0.3 is 9.90 Å². The molecule has 1 aromatic carbocycles. The summed E-state index contributed by atoms with van der Waals surface area (Å²) in [4.78, 5) is 10.4. The molecule has 0 aromatic heterocycles. The lowest BCUT2D eigenvalue weighted by atomic mass is 10.0. The molecule has 0 aliphatic heterocycles. The van der Waals surface area contributed by atoms with Crippen LogP contribution in [0.15, 0.2) is 24.3 Å². The van der Waals surface area contributed by atoms with Gasteiger partial charge in [-0.2, -0.15) is 0 Å². The number of unbranched alkanes of at least 4 members (excludes halogenated alkanes) is 3. The van der Waals surface area contributed by atoms with Crippen LogP contribution in [0, 0.1) is 0 Å². The van der Waals surface area contributed by atoms with Gasteiger partial charge >= 0.3 is 0 Å². The molecule has 2 nitrogen and oxygen atoms in total. The normalized spacial score (nSPS) is 10.3. The van der Waals surface area contributed by atoms with Gasteiger partial charge in [-0.05, 0) is 24.0 Å². The third kappa shape index (κ3) is 4.96. The predicted octanol–water partition coefficient (Wildman–Crippen LogP) is 2.10. The summed E-state index contributed by atoms with van der Waals surface area (Å²) in [6.07, 6.45) is 6.14. The Hall–Kier alpha value is -1.31. The van der Waals surface area contributed by atoms with Crippen LogP contribution in [0.2, 0.25) is 0 Å². The second-order valence-electron chi connectivity index (χ2n) is 4.18. The number of aryl methyl sites for hydroxylation is 1. The number of hydrogen-bond acceptors (Lipinski definition) is 2. The quantitative estimate of drug-likeness (QED) is 0.659. The molecule has 1 rings (SSSR count). The van der Waals surface area contributed by atoms with E-state index < -0.39 is 5.97 Å². The topological polar surface area (TPSA) is 40.1 Å². The fraction of sp³-hybridized carbons (Fsp3) is 0.500. The van der Waals surface area contributed by atoms with Crippen LogP contribution in [0.4, 0.5) is 0 Å². The van der Waals surface area contributed by atoms with E-state index in [0.717, 1.165) is 12.0 Å². The molecule has 0 atom stereocenters. The summed E-state index contributed by atoms with van der Waals surface area (Å²) < 4.78 is 0. The largest absolute Gasteiger partial charge is 0.550 e. The van der Waals surface area contributed by atoms with Gasteiger partial charge in [-0.3, -0.25) is 0 Å². The highest BCUT2D eigenvalue weighted by molar-refractivity contribution is 5.67. The highest BCUT2D eigenvalue weighted by Gasteiger charge is 1.96. The van der Waals surface area contributed by atoms with Crippen molar-refractivity contribution in [3.63, 3.8) is 0 Å². The molecule has 0 aliphatic rings. The summed E-state index contributed by atoms with van der Waals surface area (Å²) in [6.45, 7) is 2.20. The zero-order valence-electron chi connectivity index (χ0n) is 9.87. The third-order valence-corrected chi connectivity index (χ3v) is 2.69. The van der Waals surface area contributed by atoms with Crippen LogP contribution in [-0.2, 0) is 17.6 Å². The molecule has 0 spiro atoms. The average molecular weight is 219 g/mol. The van der Waals surface area contributed by atoms with Crippen molar-refractivity contribution in [2.45, 2.75) is 45.4 Å². The average Bonchev–Trinajstić information content (AvgIpc) is 2.26. The molecule has 0 bridgehead atoms. The Morgan fingerprint density at radius 3 is 2.25 bits per heavy atom. The lowest BCUT2D eigenvalue weighted by molar-refractivity contribution is -0.304. The molecule has 1 aromatic rings. The van der Waals surface area contributed by atoms with Crippen LogP contribution in [0.3, 0.4) is 0 Å². The molecule has 0 heterocycles. The number of carbonyl (C=O) groups is 1. The van der Waals surface area contributed by atoms with Gasteiger partial charge in [0.1, 0.15) is 0 Å². The van der Waals surface area contributed by atoms with E-state index in [1.165, 1.54) is 31.2 Å². The van der Waals surface area contributed by atoms with Crippen molar-refractivity contribution in [3.05, 3.63) is 35.4 Å². The first-order valence-electron chi connectivity index (χ1n) is 6.00. The van der Waals surface area contributed by atoms with Crippen molar-refractivity contribution in [3.8, 4) is 0 Å². The Morgan fingerprint density at radius 1 is 1.06 bits per heavy atom. The summed E-state index contributed by atoms with van der Waals surface area (Å²) in [6, 6.07) is 7.80. The van der Waals surface area contributed by atoms with Crippen molar-refractivity contribution in [1.29, 1.82) is 0 Å². The van der Waals surface area contributed by atoms with E-state index in [9.17, 15) is 9.90 Å². The van der Waals surface area contributed by atoms with E-state index in [1.54, 1.807) is 0 Å². The minimum absolute atomic E-state index is 0.0100. The highest BCUT2D eigenvalue weighted by atomic mass is 16.4. The van der Waals surface area contributed by atoms with Crippen molar-refractivity contribution >= 4 is 5.97 Å². The van der Waals surface area contributed by atoms with E-state index in [-0.39, 0.29) is 6.42 Å². The fourth-order valence-electron chi connectivity index (χ4n) is 1.75. The molecule has 0 aliphatic carbocycles. The molecule has 0 radical (unpaired) electrons. The number of aliphatic carboxylic acids is 1. The van der Waals surface area contributed by atoms with E-state index in [2.05, 4.69) is 6.92 Å². The first kappa shape index (κ1) is 12.8. The van der Waals surface area contributed by atoms with Gasteiger partial charge in [-0.25, -0.2) is 0 Å². The van der Waals surface area contributed by atoms with E-state index >= 15 is 0 Å². The summed E-state index contributed by atoms with van der Waals surface area (Å²) in [7, 11) is 0.